The first kappa shape index (κ1) is 23.6. The van der Waals surface area contributed by atoms with Gasteiger partial charge in [0.2, 0.25) is 0 Å². The van der Waals surface area contributed by atoms with Crippen LogP contribution in [-0.2, 0) is 11.2 Å². The van der Waals surface area contributed by atoms with Gasteiger partial charge >= 0.3 is 0 Å². The lowest BCUT2D eigenvalue weighted by Crippen LogP contribution is -2.36. The molecule has 8 nitrogen and oxygen atoms in total. The van der Waals surface area contributed by atoms with E-state index in [0.717, 1.165) is 5.56 Å². The maximum Gasteiger partial charge on any atom is 0.251 e. The number of hydrogen-bond acceptors (Lipinski definition) is 7. The van der Waals surface area contributed by atoms with Gasteiger partial charge in [-0.25, -0.2) is 9.38 Å². The van der Waals surface area contributed by atoms with E-state index in [0.29, 0.717) is 80.1 Å². The Morgan fingerprint density at radius 2 is 1.94 bits per heavy atom. The third-order valence-corrected chi connectivity index (χ3v) is 5.85. The second-order valence-electron chi connectivity index (χ2n) is 8.41. The van der Waals surface area contributed by atoms with Crippen LogP contribution in [-0.4, -0.2) is 62.3 Å². The summed E-state index contributed by atoms with van der Waals surface area (Å²) in [4.78, 5) is 27.5. The zero-order valence-electron chi connectivity index (χ0n) is 19.7. The minimum absolute atomic E-state index is 0.304. The molecule has 0 saturated carbocycles. The van der Waals surface area contributed by atoms with E-state index in [2.05, 4.69) is 20.3 Å². The van der Waals surface area contributed by atoms with Crippen molar-refractivity contribution in [2.24, 2.45) is 9.98 Å². The van der Waals surface area contributed by atoms with Crippen molar-refractivity contribution in [3.05, 3.63) is 83.4 Å². The third kappa shape index (κ3) is 5.92. The summed E-state index contributed by atoms with van der Waals surface area (Å²) in [5.74, 6) is 1.17. The van der Waals surface area contributed by atoms with Gasteiger partial charge in [-0.2, -0.15) is 0 Å². The van der Waals surface area contributed by atoms with E-state index >= 15 is 0 Å². The topological polar surface area (TPSA) is 88.4 Å². The second kappa shape index (κ2) is 11.1. The fraction of sp³-hybridized carbons (Fsp3) is 0.259. The summed E-state index contributed by atoms with van der Waals surface area (Å²) in [5.41, 5.74) is 2.66. The van der Waals surface area contributed by atoms with Crippen LogP contribution in [0.25, 0.3) is 0 Å². The van der Waals surface area contributed by atoms with Gasteiger partial charge in [0.1, 0.15) is 23.0 Å². The van der Waals surface area contributed by atoms with Crippen LogP contribution >= 0.6 is 0 Å². The second-order valence-corrected chi connectivity index (χ2v) is 8.41. The van der Waals surface area contributed by atoms with Crippen molar-refractivity contribution in [2.75, 3.05) is 44.3 Å². The molecule has 0 unspecified atom stereocenters. The first-order valence-electron chi connectivity index (χ1n) is 11.9. The first-order valence-corrected chi connectivity index (χ1v) is 11.9. The Bertz CT molecular complexity index is 1300. The average molecular weight is 488 g/mol. The molecule has 9 heteroatoms. The van der Waals surface area contributed by atoms with E-state index in [1.807, 2.05) is 29.2 Å². The number of halogens is 1. The van der Waals surface area contributed by atoms with Gasteiger partial charge in [0.15, 0.2) is 5.84 Å². The molecular weight excluding hydrogens is 461 g/mol. The summed E-state index contributed by atoms with van der Waals surface area (Å²) >= 11 is 0. The predicted octanol–water partition coefficient (Wildman–Crippen LogP) is 3.65. The quantitative estimate of drug-likeness (QED) is 0.524. The zero-order valence-corrected chi connectivity index (χ0v) is 19.7. The maximum atomic E-state index is 14.2. The summed E-state index contributed by atoms with van der Waals surface area (Å²) in [6.07, 6.45) is 4.00. The molecule has 0 spiro atoms. The van der Waals surface area contributed by atoms with Crippen LogP contribution in [0.2, 0.25) is 0 Å². The van der Waals surface area contributed by atoms with E-state index in [-0.39, 0.29) is 5.91 Å². The first-order chi connectivity index (χ1) is 17.6. The molecule has 184 valence electrons. The maximum absolute atomic E-state index is 14.2. The number of amidine groups is 1. The molecule has 2 aromatic carbocycles. The number of benzene rings is 2. The molecule has 0 bridgehead atoms. The molecule has 3 heterocycles. The Kier molecular flexibility index (Phi) is 7.28. The number of amides is 1. The number of aromatic nitrogens is 1. The Labute approximate surface area is 208 Å². The number of carbonyl (C=O) groups is 1. The lowest BCUT2D eigenvalue weighted by atomic mass is 10.1. The van der Waals surface area contributed by atoms with Crippen LogP contribution in [0.4, 0.5) is 10.1 Å². The summed E-state index contributed by atoms with van der Waals surface area (Å²) < 4.78 is 25.6. The number of carbonyl (C=O) groups excluding carboxylic acids is 1. The van der Waals surface area contributed by atoms with Gasteiger partial charge in [0, 0.05) is 49.4 Å². The van der Waals surface area contributed by atoms with Crippen LogP contribution in [0.15, 0.2) is 70.8 Å². The molecule has 1 fully saturated rings. The molecule has 1 N–H and O–H groups in total. The molecule has 1 aromatic heterocycles. The Morgan fingerprint density at radius 3 is 2.78 bits per heavy atom. The molecule has 0 atom stereocenters. The molecule has 0 radical (unpaired) electrons. The number of nitrogens with one attached hydrogen (secondary N) is 1. The van der Waals surface area contributed by atoms with E-state index in [9.17, 15) is 9.18 Å². The lowest BCUT2D eigenvalue weighted by molar-refractivity contribution is 0.0953. The number of aliphatic imine (C=N–C) groups is 2. The van der Waals surface area contributed by atoms with E-state index in [1.54, 1.807) is 30.6 Å². The molecule has 2 aliphatic rings. The van der Waals surface area contributed by atoms with Crippen molar-refractivity contribution < 1.29 is 18.7 Å². The average Bonchev–Trinajstić information content (AvgIpc) is 3.45. The Morgan fingerprint density at radius 1 is 1.08 bits per heavy atom. The fourth-order valence-corrected chi connectivity index (χ4v) is 4.07. The van der Waals surface area contributed by atoms with Crippen molar-refractivity contribution in [1.29, 1.82) is 0 Å². The van der Waals surface area contributed by atoms with E-state index < -0.39 is 5.82 Å². The molecule has 0 aliphatic carbocycles. The van der Waals surface area contributed by atoms with Gasteiger partial charge < -0.3 is 19.7 Å². The van der Waals surface area contributed by atoms with Crippen molar-refractivity contribution in [2.45, 2.75) is 6.42 Å². The van der Waals surface area contributed by atoms with Crippen LogP contribution in [0.3, 0.4) is 0 Å². The number of hydrogen-bond donors (Lipinski definition) is 1. The van der Waals surface area contributed by atoms with Crippen LogP contribution in [0, 0.1) is 5.82 Å². The summed E-state index contributed by atoms with van der Waals surface area (Å²) in [6, 6.07) is 15.7. The lowest BCUT2D eigenvalue weighted by Gasteiger charge is -2.29. The SMILES string of the molecule is O=C(NCCc1cccc(Oc2ccnc(C3=NCC=N3)c2)c1)c1cc(F)cc(N2CCOCC2)c1. The van der Waals surface area contributed by atoms with Crippen molar-refractivity contribution in [1.82, 2.24) is 10.3 Å². The van der Waals surface area contributed by atoms with E-state index in [1.165, 1.54) is 12.1 Å². The highest BCUT2D eigenvalue weighted by Gasteiger charge is 2.15. The standard InChI is InChI=1S/C27H26FN5O3/c28-21-15-20(16-22(17-21)33-10-12-35-13-11-33)27(34)32-6-4-19-2-1-3-23(14-19)36-24-5-7-29-25(18-24)26-30-8-9-31-26/h1-3,5,7-8,14-18H,4,6,9-13H2,(H,32,34). The molecule has 1 saturated heterocycles. The third-order valence-electron chi connectivity index (χ3n) is 5.85. The number of nitrogens with zero attached hydrogens (tertiary/aromatic N) is 4. The molecule has 1 amide bonds. The van der Waals surface area contributed by atoms with Gasteiger partial charge in [-0.1, -0.05) is 12.1 Å². The molecule has 36 heavy (non-hydrogen) atoms. The Hall–Kier alpha value is -4.11. The highest BCUT2D eigenvalue weighted by molar-refractivity contribution is 6.05. The number of rotatable bonds is 8. The van der Waals surface area contributed by atoms with Crippen LogP contribution < -0.4 is 15.0 Å². The highest BCUT2D eigenvalue weighted by atomic mass is 19.1. The molecular formula is C27H26FN5O3. The number of anilines is 1. The predicted molar refractivity (Wildman–Crippen MR) is 136 cm³/mol. The normalized spacial score (nSPS) is 15.0. The minimum Gasteiger partial charge on any atom is -0.457 e. The zero-order chi connectivity index (χ0) is 24.7. The summed E-state index contributed by atoms with van der Waals surface area (Å²) in [7, 11) is 0. The molecule has 3 aromatic rings. The molecule has 2 aliphatic heterocycles. The van der Waals surface area contributed by atoms with Crippen molar-refractivity contribution >= 4 is 23.6 Å². The smallest absolute Gasteiger partial charge is 0.251 e. The number of morpholine rings is 1. The fourth-order valence-electron chi connectivity index (χ4n) is 4.07. The Balaban J connectivity index is 1.18. The van der Waals surface area contributed by atoms with Crippen molar-refractivity contribution in [3.8, 4) is 11.5 Å². The van der Waals surface area contributed by atoms with Gasteiger partial charge in [-0.05, 0) is 48.4 Å². The van der Waals surface area contributed by atoms with Crippen LogP contribution in [0.1, 0.15) is 21.6 Å². The van der Waals surface area contributed by atoms with Gasteiger partial charge in [0.25, 0.3) is 5.91 Å². The summed E-state index contributed by atoms with van der Waals surface area (Å²) in [6.45, 7) is 3.50. The monoisotopic (exact) mass is 487 g/mol. The van der Waals surface area contributed by atoms with Crippen LogP contribution in [0.5, 0.6) is 11.5 Å². The van der Waals surface area contributed by atoms with Gasteiger partial charge in [-0.15, -0.1) is 0 Å². The minimum atomic E-state index is -0.430. The number of ether oxygens (including phenoxy) is 2. The van der Waals surface area contributed by atoms with Gasteiger partial charge in [0.05, 0.1) is 19.8 Å². The summed E-state index contributed by atoms with van der Waals surface area (Å²) in [5, 5.41) is 2.89. The largest absolute Gasteiger partial charge is 0.457 e. The number of pyridine rings is 1. The highest BCUT2D eigenvalue weighted by Crippen LogP contribution is 2.24. The van der Waals surface area contributed by atoms with Crippen molar-refractivity contribution in [3.63, 3.8) is 0 Å². The van der Waals surface area contributed by atoms with E-state index in [4.69, 9.17) is 9.47 Å². The molecule has 5 rings (SSSR count). The van der Waals surface area contributed by atoms with Gasteiger partial charge in [-0.3, -0.25) is 14.8 Å².